The Hall–Kier alpha value is -1.77. The summed E-state index contributed by atoms with van der Waals surface area (Å²) in [6.45, 7) is 0. The highest BCUT2D eigenvalue weighted by atomic mass is 16.5. The normalized spacial score (nSPS) is 10.2. The van der Waals surface area contributed by atoms with Gasteiger partial charge in [-0.05, 0) is 6.07 Å². The number of para-hydroxylation sites is 1. The molecule has 0 unspecified atom stereocenters. The van der Waals surface area contributed by atoms with Gasteiger partial charge < -0.3 is 4.74 Å². The SMILES string of the molecule is COc1cc2ccccc2[n+](O)c1. The molecule has 2 rings (SSSR count). The first-order valence-electron chi connectivity index (χ1n) is 3.99. The molecular formula is C10H10NO2+. The zero-order chi connectivity index (χ0) is 9.26. The maximum absolute atomic E-state index is 9.52. The summed E-state index contributed by atoms with van der Waals surface area (Å²) in [4.78, 5) is 0. The molecule has 3 nitrogen and oxygen atoms in total. The molecule has 1 heterocycles. The average molecular weight is 176 g/mol. The lowest BCUT2D eigenvalue weighted by Crippen LogP contribution is -2.30. The Balaban J connectivity index is 2.77. The fourth-order valence-electron chi connectivity index (χ4n) is 1.31. The first kappa shape index (κ1) is 7.86. The molecule has 0 aliphatic rings. The number of ether oxygens (including phenoxy) is 1. The van der Waals surface area contributed by atoms with E-state index in [0.717, 1.165) is 15.6 Å². The molecule has 66 valence electrons. The molecule has 1 aromatic heterocycles. The smallest absolute Gasteiger partial charge is 0.264 e. The third-order valence-corrected chi connectivity index (χ3v) is 1.97. The molecule has 0 saturated carbocycles. The minimum Gasteiger partial charge on any atom is -0.491 e. The van der Waals surface area contributed by atoms with Gasteiger partial charge in [-0.1, -0.05) is 12.1 Å². The van der Waals surface area contributed by atoms with E-state index < -0.39 is 0 Å². The Labute approximate surface area is 75.8 Å². The molecule has 0 aliphatic heterocycles. The van der Waals surface area contributed by atoms with Crippen molar-refractivity contribution in [1.82, 2.24) is 0 Å². The largest absolute Gasteiger partial charge is 0.491 e. The van der Waals surface area contributed by atoms with Crippen molar-refractivity contribution in [2.45, 2.75) is 0 Å². The van der Waals surface area contributed by atoms with E-state index in [1.807, 2.05) is 30.3 Å². The molecule has 0 saturated heterocycles. The number of fused-ring (bicyclic) bond motifs is 1. The molecule has 0 spiro atoms. The summed E-state index contributed by atoms with van der Waals surface area (Å²) in [7, 11) is 1.57. The highest BCUT2D eigenvalue weighted by Crippen LogP contribution is 2.15. The molecule has 0 fully saturated rings. The topological polar surface area (TPSA) is 33.3 Å². The molecule has 2 aromatic rings. The predicted octanol–water partition coefficient (Wildman–Crippen LogP) is 1.37. The summed E-state index contributed by atoms with van der Waals surface area (Å²) >= 11 is 0. The van der Waals surface area contributed by atoms with Crippen LogP contribution in [0.2, 0.25) is 0 Å². The fraction of sp³-hybridized carbons (Fsp3) is 0.100. The van der Waals surface area contributed by atoms with Gasteiger partial charge in [0, 0.05) is 16.9 Å². The van der Waals surface area contributed by atoms with Crippen LogP contribution in [0.3, 0.4) is 0 Å². The van der Waals surface area contributed by atoms with Crippen LogP contribution in [-0.2, 0) is 0 Å². The molecular weight excluding hydrogens is 166 g/mol. The van der Waals surface area contributed by atoms with Crippen LogP contribution in [0.25, 0.3) is 10.9 Å². The summed E-state index contributed by atoms with van der Waals surface area (Å²) in [5, 5.41) is 10.5. The molecule has 1 aromatic carbocycles. The molecule has 0 bridgehead atoms. The lowest BCUT2D eigenvalue weighted by atomic mass is 10.2. The van der Waals surface area contributed by atoms with Crippen molar-refractivity contribution in [3.63, 3.8) is 0 Å². The van der Waals surface area contributed by atoms with Crippen LogP contribution in [0, 0.1) is 0 Å². The Morgan fingerprint density at radius 3 is 2.85 bits per heavy atom. The maximum Gasteiger partial charge on any atom is 0.264 e. The van der Waals surface area contributed by atoms with Crippen LogP contribution in [-0.4, -0.2) is 12.3 Å². The quantitative estimate of drug-likeness (QED) is 0.526. The van der Waals surface area contributed by atoms with Crippen molar-refractivity contribution >= 4 is 10.9 Å². The predicted molar refractivity (Wildman–Crippen MR) is 47.9 cm³/mol. The van der Waals surface area contributed by atoms with Crippen molar-refractivity contribution in [3.8, 4) is 5.75 Å². The Morgan fingerprint density at radius 1 is 1.31 bits per heavy atom. The summed E-state index contributed by atoms with van der Waals surface area (Å²) in [6.07, 6.45) is 1.53. The lowest BCUT2D eigenvalue weighted by molar-refractivity contribution is -0.884. The van der Waals surface area contributed by atoms with Gasteiger partial charge in [-0.3, -0.25) is 5.21 Å². The second-order valence-electron chi connectivity index (χ2n) is 2.78. The number of pyridine rings is 1. The van der Waals surface area contributed by atoms with E-state index in [9.17, 15) is 5.21 Å². The standard InChI is InChI=1S/C10H10NO2/c1-13-9-6-8-4-2-3-5-10(8)11(12)7-9/h2-7,12H,1H3/q+1. The lowest BCUT2D eigenvalue weighted by Gasteiger charge is -1.97. The minimum absolute atomic E-state index is 0.640. The number of aromatic nitrogens is 1. The van der Waals surface area contributed by atoms with Gasteiger partial charge in [-0.25, -0.2) is 0 Å². The molecule has 1 N–H and O–H groups in total. The number of nitrogens with zero attached hydrogens (tertiary/aromatic N) is 1. The van der Waals surface area contributed by atoms with Crippen molar-refractivity contribution < 1.29 is 14.7 Å². The average Bonchev–Trinajstić information content (AvgIpc) is 2.18. The van der Waals surface area contributed by atoms with Crippen molar-refractivity contribution in [1.29, 1.82) is 0 Å². The van der Waals surface area contributed by atoms with Gasteiger partial charge >= 0.3 is 0 Å². The van der Waals surface area contributed by atoms with Crippen LogP contribution in [0.5, 0.6) is 5.75 Å². The number of benzene rings is 1. The summed E-state index contributed by atoms with van der Waals surface area (Å²) < 4.78 is 6.09. The van der Waals surface area contributed by atoms with Gasteiger partial charge in [0.15, 0.2) is 5.75 Å². The summed E-state index contributed by atoms with van der Waals surface area (Å²) in [5.74, 6) is 0.640. The van der Waals surface area contributed by atoms with Crippen LogP contribution in [0.4, 0.5) is 0 Å². The van der Waals surface area contributed by atoms with Gasteiger partial charge in [0.1, 0.15) is 0 Å². The van der Waals surface area contributed by atoms with E-state index in [2.05, 4.69) is 0 Å². The zero-order valence-corrected chi connectivity index (χ0v) is 7.27. The second-order valence-corrected chi connectivity index (χ2v) is 2.78. The Morgan fingerprint density at radius 2 is 2.08 bits per heavy atom. The fourth-order valence-corrected chi connectivity index (χ4v) is 1.31. The third kappa shape index (κ3) is 1.28. The Kier molecular flexibility index (Phi) is 1.77. The third-order valence-electron chi connectivity index (χ3n) is 1.97. The monoisotopic (exact) mass is 176 g/mol. The number of hydrogen-bond acceptors (Lipinski definition) is 2. The van der Waals surface area contributed by atoms with Gasteiger partial charge in [0.2, 0.25) is 0 Å². The summed E-state index contributed by atoms with van der Waals surface area (Å²) in [6, 6.07) is 9.44. The first-order chi connectivity index (χ1) is 6.31. The molecule has 3 heteroatoms. The zero-order valence-electron chi connectivity index (χ0n) is 7.27. The van der Waals surface area contributed by atoms with Crippen LogP contribution in [0.15, 0.2) is 36.5 Å². The molecule has 0 atom stereocenters. The molecule has 0 amide bonds. The highest BCUT2D eigenvalue weighted by molar-refractivity contribution is 5.76. The van der Waals surface area contributed by atoms with Crippen LogP contribution < -0.4 is 9.47 Å². The van der Waals surface area contributed by atoms with E-state index in [1.165, 1.54) is 6.20 Å². The van der Waals surface area contributed by atoms with Crippen LogP contribution in [0.1, 0.15) is 0 Å². The van der Waals surface area contributed by atoms with Gasteiger partial charge in [-0.15, -0.1) is 0 Å². The highest BCUT2D eigenvalue weighted by Gasteiger charge is 2.09. The van der Waals surface area contributed by atoms with Gasteiger partial charge in [0.05, 0.1) is 12.5 Å². The Bertz CT molecular complexity index is 440. The summed E-state index contributed by atoms with van der Waals surface area (Å²) in [5.41, 5.74) is 0.767. The number of methoxy groups -OCH3 is 1. The minimum atomic E-state index is 0.640. The van der Waals surface area contributed by atoms with E-state index in [4.69, 9.17) is 4.74 Å². The van der Waals surface area contributed by atoms with E-state index in [0.29, 0.717) is 5.75 Å². The van der Waals surface area contributed by atoms with E-state index in [1.54, 1.807) is 7.11 Å². The number of rotatable bonds is 1. The number of hydrogen-bond donors (Lipinski definition) is 1. The molecule has 13 heavy (non-hydrogen) atoms. The molecule has 0 aliphatic carbocycles. The second kappa shape index (κ2) is 2.94. The van der Waals surface area contributed by atoms with Crippen molar-refractivity contribution in [3.05, 3.63) is 36.5 Å². The maximum atomic E-state index is 9.52. The van der Waals surface area contributed by atoms with E-state index in [-0.39, 0.29) is 0 Å². The van der Waals surface area contributed by atoms with Gasteiger partial charge in [0.25, 0.3) is 11.7 Å². The van der Waals surface area contributed by atoms with E-state index >= 15 is 0 Å². The van der Waals surface area contributed by atoms with Gasteiger partial charge in [-0.2, -0.15) is 0 Å². The van der Waals surface area contributed by atoms with Crippen molar-refractivity contribution in [2.75, 3.05) is 7.11 Å². The molecule has 0 radical (unpaired) electrons. The van der Waals surface area contributed by atoms with Crippen molar-refractivity contribution in [2.24, 2.45) is 0 Å². The van der Waals surface area contributed by atoms with Crippen LogP contribution >= 0.6 is 0 Å². The first-order valence-corrected chi connectivity index (χ1v) is 3.99.